The van der Waals surface area contributed by atoms with Gasteiger partial charge in [-0.15, -0.1) is 0 Å². The second kappa shape index (κ2) is 10.3. The lowest BCUT2D eigenvalue weighted by molar-refractivity contribution is -0.137. The highest BCUT2D eigenvalue weighted by atomic mass is 35.5. The number of hydrogen-bond donors (Lipinski definition) is 1. The minimum Gasteiger partial charge on any atom is -0.388 e. The van der Waals surface area contributed by atoms with E-state index in [4.69, 9.17) is 16.4 Å². The normalized spacial score (nSPS) is 19.3. The molecule has 2 fully saturated rings. The number of carbonyl (C=O) groups is 2. The second-order valence-corrected chi connectivity index (χ2v) is 9.98. The molecule has 3 amide bonds. The molecule has 9 nitrogen and oxygen atoms in total. The third-order valence-electron chi connectivity index (χ3n) is 7.09. The van der Waals surface area contributed by atoms with Crippen LogP contribution in [-0.4, -0.2) is 77.3 Å². The molecule has 0 atom stereocenters. The number of amides is 3. The Hall–Kier alpha value is -3.54. The van der Waals surface area contributed by atoms with Crippen LogP contribution in [0.1, 0.15) is 24.8 Å². The van der Waals surface area contributed by atoms with Crippen molar-refractivity contribution in [1.29, 1.82) is 0 Å². The Morgan fingerprint density at radius 1 is 1.00 bits per heavy atom. The van der Waals surface area contributed by atoms with E-state index in [0.29, 0.717) is 75.1 Å². The fraction of sp³-hybridized carbons (Fsp3) is 0.440. The minimum absolute atomic E-state index is 0.0730. The Kier molecular flexibility index (Phi) is 7.08. The lowest BCUT2D eigenvalue weighted by Crippen LogP contribution is -2.52. The summed E-state index contributed by atoms with van der Waals surface area (Å²) in [7, 11) is 0. The first-order valence-corrected chi connectivity index (χ1v) is 12.6. The number of benzene rings is 1. The summed E-state index contributed by atoms with van der Waals surface area (Å²) in [5.41, 5.74) is -1.06. The topological polar surface area (TPSA) is 90.4 Å². The van der Waals surface area contributed by atoms with Gasteiger partial charge in [0.25, 0.3) is 5.91 Å². The SMILES string of the molecule is O=C(Nc1cccc(C(F)(F)F)c1)N1CCC2(CC1)CC(C(=O)N1CCN(c3ncccc3Cl)CC1)=NO2. The number of piperidine rings is 1. The van der Waals surface area contributed by atoms with Crippen molar-refractivity contribution in [2.24, 2.45) is 5.16 Å². The third-order valence-corrected chi connectivity index (χ3v) is 7.39. The van der Waals surface area contributed by atoms with Crippen LogP contribution < -0.4 is 10.2 Å². The number of piperazine rings is 1. The van der Waals surface area contributed by atoms with Crippen molar-refractivity contribution < 1.29 is 27.6 Å². The summed E-state index contributed by atoms with van der Waals surface area (Å²) in [5.74, 6) is 0.531. The van der Waals surface area contributed by atoms with E-state index in [0.717, 1.165) is 12.1 Å². The molecule has 2 aromatic rings. The first-order valence-electron chi connectivity index (χ1n) is 12.3. The number of rotatable bonds is 3. The standard InChI is InChI=1S/C25H26ClF3N6O3/c26-19-5-2-8-30-21(19)33-11-13-34(14-12-33)22(36)20-16-24(38-32-20)6-9-35(10-7-24)23(37)31-18-4-1-3-17(15-18)25(27,28)29/h1-5,8,15H,6-7,9-14,16H2,(H,31,37). The van der Waals surface area contributed by atoms with E-state index in [1.54, 1.807) is 23.2 Å². The van der Waals surface area contributed by atoms with Gasteiger partial charge in [0.1, 0.15) is 17.1 Å². The van der Waals surface area contributed by atoms with Crippen LogP contribution in [0.2, 0.25) is 5.02 Å². The molecule has 4 heterocycles. The lowest BCUT2D eigenvalue weighted by Gasteiger charge is -2.37. The summed E-state index contributed by atoms with van der Waals surface area (Å²) in [6.07, 6.45) is -1.55. The highest BCUT2D eigenvalue weighted by Crippen LogP contribution is 2.36. The number of likely N-dealkylation sites (tertiary alicyclic amines) is 1. The first kappa shape index (κ1) is 26.1. The largest absolute Gasteiger partial charge is 0.416 e. The maximum Gasteiger partial charge on any atom is 0.416 e. The molecule has 1 N–H and O–H groups in total. The van der Waals surface area contributed by atoms with Crippen LogP contribution >= 0.6 is 11.6 Å². The molecule has 13 heteroatoms. The molecule has 1 spiro atoms. The van der Waals surface area contributed by atoms with Gasteiger partial charge in [-0.05, 0) is 30.3 Å². The van der Waals surface area contributed by atoms with Gasteiger partial charge in [0.15, 0.2) is 0 Å². The molecule has 2 saturated heterocycles. The van der Waals surface area contributed by atoms with Crippen molar-refractivity contribution in [2.75, 3.05) is 49.5 Å². The van der Waals surface area contributed by atoms with Crippen LogP contribution in [0.25, 0.3) is 0 Å². The van der Waals surface area contributed by atoms with Crippen LogP contribution in [0.4, 0.5) is 29.5 Å². The summed E-state index contributed by atoms with van der Waals surface area (Å²) in [6, 6.07) is 7.58. The number of alkyl halides is 3. The second-order valence-electron chi connectivity index (χ2n) is 9.57. The van der Waals surface area contributed by atoms with Gasteiger partial charge in [0.05, 0.1) is 10.6 Å². The minimum atomic E-state index is -4.49. The highest BCUT2D eigenvalue weighted by Gasteiger charge is 2.45. The zero-order valence-electron chi connectivity index (χ0n) is 20.4. The molecular weight excluding hydrogens is 525 g/mol. The third kappa shape index (κ3) is 5.50. The van der Waals surface area contributed by atoms with Gasteiger partial charge in [0, 0.05) is 70.4 Å². The zero-order chi connectivity index (χ0) is 26.9. The van der Waals surface area contributed by atoms with Crippen LogP contribution in [0, 0.1) is 0 Å². The predicted octanol–water partition coefficient (Wildman–Crippen LogP) is 4.25. The van der Waals surface area contributed by atoms with Crippen LogP contribution in [-0.2, 0) is 15.8 Å². The average Bonchev–Trinajstić information content (AvgIpc) is 3.32. The van der Waals surface area contributed by atoms with Crippen LogP contribution in [0.5, 0.6) is 0 Å². The van der Waals surface area contributed by atoms with Gasteiger partial charge < -0.3 is 24.9 Å². The van der Waals surface area contributed by atoms with E-state index in [-0.39, 0.29) is 11.6 Å². The average molecular weight is 551 g/mol. The number of aromatic nitrogens is 1. The molecule has 0 bridgehead atoms. The fourth-order valence-corrected chi connectivity index (χ4v) is 5.15. The lowest BCUT2D eigenvalue weighted by atomic mass is 9.86. The molecule has 202 valence electrons. The van der Waals surface area contributed by atoms with Gasteiger partial charge in [-0.25, -0.2) is 9.78 Å². The Morgan fingerprint density at radius 3 is 2.42 bits per heavy atom. The molecule has 3 aliphatic rings. The number of halogens is 4. The Bertz CT molecular complexity index is 1240. The quantitative estimate of drug-likeness (QED) is 0.617. The number of anilines is 2. The van der Waals surface area contributed by atoms with Crippen molar-refractivity contribution in [3.05, 3.63) is 53.2 Å². The Morgan fingerprint density at radius 2 is 1.74 bits per heavy atom. The molecule has 1 aromatic heterocycles. The molecule has 38 heavy (non-hydrogen) atoms. The van der Waals surface area contributed by atoms with E-state index >= 15 is 0 Å². The van der Waals surface area contributed by atoms with Gasteiger partial charge >= 0.3 is 12.2 Å². The highest BCUT2D eigenvalue weighted by molar-refractivity contribution is 6.39. The summed E-state index contributed by atoms with van der Waals surface area (Å²) in [5, 5.41) is 7.20. The zero-order valence-corrected chi connectivity index (χ0v) is 21.1. The van der Waals surface area contributed by atoms with E-state index in [1.165, 1.54) is 17.0 Å². The molecule has 0 saturated carbocycles. The summed E-state index contributed by atoms with van der Waals surface area (Å²) in [6.45, 7) is 2.84. The van der Waals surface area contributed by atoms with Crippen LogP contribution in [0.3, 0.4) is 0 Å². The van der Waals surface area contributed by atoms with E-state index in [2.05, 4.69) is 15.5 Å². The smallest absolute Gasteiger partial charge is 0.388 e. The molecule has 0 radical (unpaired) electrons. The predicted molar refractivity (Wildman–Crippen MR) is 135 cm³/mol. The van der Waals surface area contributed by atoms with E-state index in [9.17, 15) is 22.8 Å². The summed E-state index contributed by atoms with van der Waals surface area (Å²) < 4.78 is 38.9. The molecule has 0 unspecified atom stereocenters. The van der Waals surface area contributed by atoms with Crippen molar-refractivity contribution in [1.82, 2.24) is 14.8 Å². The molecule has 1 aromatic carbocycles. The van der Waals surface area contributed by atoms with Gasteiger partial charge in [0.2, 0.25) is 0 Å². The molecule has 5 rings (SSSR count). The van der Waals surface area contributed by atoms with Crippen LogP contribution in [0.15, 0.2) is 47.8 Å². The van der Waals surface area contributed by atoms with Gasteiger partial charge in [-0.3, -0.25) is 4.79 Å². The Balaban J connectivity index is 1.11. The van der Waals surface area contributed by atoms with Gasteiger partial charge in [-0.2, -0.15) is 13.2 Å². The van der Waals surface area contributed by atoms with Crippen molar-refractivity contribution >= 4 is 40.8 Å². The molecule has 3 aliphatic heterocycles. The van der Waals surface area contributed by atoms with Crippen molar-refractivity contribution in [3.63, 3.8) is 0 Å². The maximum atomic E-state index is 13.1. The van der Waals surface area contributed by atoms with Crippen molar-refractivity contribution in [3.8, 4) is 0 Å². The number of urea groups is 1. The molecular formula is C25H26ClF3N6O3. The summed E-state index contributed by atoms with van der Waals surface area (Å²) in [4.78, 5) is 41.1. The van der Waals surface area contributed by atoms with Gasteiger partial charge in [-0.1, -0.05) is 22.8 Å². The van der Waals surface area contributed by atoms with E-state index in [1.807, 2.05) is 4.90 Å². The summed E-state index contributed by atoms with van der Waals surface area (Å²) >= 11 is 6.25. The number of nitrogens with one attached hydrogen (secondary N) is 1. The Labute approximate surface area is 222 Å². The van der Waals surface area contributed by atoms with E-state index < -0.39 is 23.4 Å². The monoisotopic (exact) mass is 550 g/mol. The number of nitrogens with zero attached hydrogens (tertiary/aromatic N) is 5. The first-order chi connectivity index (χ1) is 18.1. The number of carbonyl (C=O) groups excluding carboxylic acids is 2. The van der Waals surface area contributed by atoms with Crippen molar-refractivity contribution in [2.45, 2.75) is 31.0 Å². The number of pyridine rings is 1. The number of oxime groups is 1. The maximum absolute atomic E-state index is 13.1. The molecule has 0 aliphatic carbocycles. The number of hydrogen-bond acceptors (Lipinski definition) is 6. The fourth-order valence-electron chi connectivity index (χ4n) is 4.91.